The van der Waals surface area contributed by atoms with Crippen LogP contribution >= 0.6 is 27.3 Å². The molecular formula is C14H16BrN3O2S. The maximum absolute atomic E-state index is 12.4. The van der Waals surface area contributed by atoms with Crippen LogP contribution < -0.4 is 15.0 Å². The zero-order valence-corrected chi connectivity index (χ0v) is 14.6. The highest BCUT2D eigenvalue weighted by Gasteiger charge is 2.18. The SMILES string of the molecule is COc1nccc(N(C)C)c1NC(=O)c1cc(C)c(Br)s1. The maximum atomic E-state index is 12.4. The summed E-state index contributed by atoms with van der Waals surface area (Å²) in [6.07, 6.45) is 1.65. The summed E-state index contributed by atoms with van der Waals surface area (Å²) in [5.74, 6) is 0.213. The molecule has 0 saturated carbocycles. The fraction of sp³-hybridized carbons (Fsp3) is 0.286. The third kappa shape index (κ3) is 3.36. The lowest BCUT2D eigenvalue weighted by molar-refractivity contribution is 0.103. The van der Waals surface area contributed by atoms with Crippen LogP contribution in [-0.4, -0.2) is 32.1 Å². The maximum Gasteiger partial charge on any atom is 0.265 e. The van der Waals surface area contributed by atoms with Crippen molar-refractivity contribution in [2.75, 3.05) is 31.4 Å². The van der Waals surface area contributed by atoms with Gasteiger partial charge in [0, 0.05) is 20.3 Å². The van der Waals surface area contributed by atoms with Gasteiger partial charge in [0.05, 0.1) is 21.5 Å². The molecule has 0 spiro atoms. The van der Waals surface area contributed by atoms with Crippen molar-refractivity contribution in [1.82, 2.24) is 4.98 Å². The first-order valence-electron chi connectivity index (χ1n) is 6.21. The molecule has 2 aromatic rings. The molecule has 21 heavy (non-hydrogen) atoms. The molecule has 0 unspecified atom stereocenters. The van der Waals surface area contributed by atoms with Crippen molar-refractivity contribution in [2.24, 2.45) is 0 Å². The second-order valence-corrected chi connectivity index (χ2v) is 7.00. The molecule has 7 heteroatoms. The van der Waals surface area contributed by atoms with Crippen LogP contribution in [0.3, 0.4) is 0 Å². The molecule has 0 fully saturated rings. The molecule has 0 saturated heterocycles. The van der Waals surface area contributed by atoms with Gasteiger partial charge in [0.1, 0.15) is 5.69 Å². The Kier molecular flexibility index (Phi) is 4.84. The molecule has 0 radical (unpaired) electrons. The van der Waals surface area contributed by atoms with E-state index in [2.05, 4.69) is 26.2 Å². The Morgan fingerprint density at radius 3 is 2.71 bits per heavy atom. The Morgan fingerprint density at radius 1 is 1.48 bits per heavy atom. The molecule has 5 nitrogen and oxygen atoms in total. The molecule has 112 valence electrons. The smallest absolute Gasteiger partial charge is 0.265 e. The number of methoxy groups -OCH3 is 1. The third-order valence-electron chi connectivity index (χ3n) is 2.89. The number of thiophene rings is 1. The summed E-state index contributed by atoms with van der Waals surface area (Å²) in [5.41, 5.74) is 2.44. The quantitative estimate of drug-likeness (QED) is 0.895. The monoisotopic (exact) mass is 369 g/mol. The normalized spacial score (nSPS) is 10.3. The summed E-state index contributed by atoms with van der Waals surface area (Å²) in [5, 5.41) is 2.89. The minimum Gasteiger partial charge on any atom is -0.479 e. The van der Waals surface area contributed by atoms with Crippen LogP contribution in [-0.2, 0) is 0 Å². The van der Waals surface area contributed by atoms with Gasteiger partial charge >= 0.3 is 0 Å². The Labute approximate surface area is 136 Å². The fourth-order valence-corrected chi connectivity index (χ4v) is 3.25. The van der Waals surface area contributed by atoms with E-state index in [4.69, 9.17) is 4.74 Å². The van der Waals surface area contributed by atoms with Crippen LogP contribution in [0, 0.1) is 6.92 Å². The molecule has 0 aliphatic heterocycles. The first-order valence-corrected chi connectivity index (χ1v) is 7.82. The average Bonchev–Trinajstić information content (AvgIpc) is 2.78. The highest BCUT2D eigenvalue weighted by atomic mass is 79.9. The number of aromatic nitrogens is 1. The molecule has 0 aliphatic rings. The van der Waals surface area contributed by atoms with E-state index in [1.807, 2.05) is 38.1 Å². The standard InChI is InChI=1S/C14H16BrN3O2S/c1-8-7-10(21-12(8)15)13(19)17-11-9(18(2)3)5-6-16-14(11)20-4/h5-7H,1-4H3,(H,17,19). The van der Waals surface area contributed by atoms with Crippen LogP contribution in [0.4, 0.5) is 11.4 Å². The first kappa shape index (κ1) is 15.8. The van der Waals surface area contributed by atoms with Crippen LogP contribution in [0.15, 0.2) is 22.1 Å². The molecule has 0 bridgehead atoms. The number of pyridine rings is 1. The minimum atomic E-state index is -0.178. The van der Waals surface area contributed by atoms with Crippen molar-refractivity contribution >= 4 is 44.5 Å². The van der Waals surface area contributed by atoms with Crippen molar-refractivity contribution in [2.45, 2.75) is 6.92 Å². The number of ether oxygens (including phenoxy) is 1. The second kappa shape index (κ2) is 6.44. The van der Waals surface area contributed by atoms with Gasteiger partial charge in [0.2, 0.25) is 5.88 Å². The van der Waals surface area contributed by atoms with E-state index in [0.29, 0.717) is 16.4 Å². The number of hydrogen-bond donors (Lipinski definition) is 1. The summed E-state index contributed by atoms with van der Waals surface area (Å²) >= 11 is 4.83. The van der Waals surface area contributed by atoms with Crippen molar-refractivity contribution in [3.63, 3.8) is 0 Å². The number of nitrogens with zero attached hydrogens (tertiary/aromatic N) is 2. The number of hydrogen-bond acceptors (Lipinski definition) is 5. The predicted molar refractivity (Wildman–Crippen MR) is 89.8 cm³/mol. The van der Waals surface area contributed by atoms with Gasteiger partial charge in [-0.25, -0.2) is 4.98 Å². The topological polar surface area (TPSA) is 54.5 Å². The number of carbonyl (C=O) groups is 1. The number of anilines is 2. The van der Waals surface area contributed by atoms with E-state index in [1.54, 1.807) is 6.20 Å². The average molecular weight is 370 g/mol. The Bertz CT molecular complexity index is 651. The van der Waals surface area contributed by atoms with Gasteiger partial charge in [0.25, 0.3) is 5.91 Å². The zero-order chi connectivity index (χ0) is 15.6. The van der Waals surface area contributed by atoms with E-state index in [9.17, 15) is 4.79 Å². The van der Waals surface area contributed by atoms with E-state index >= 15 is 0 Å². The number of carbonyl (C=O) groups excluding carboxylic acids is 1. The van der Waals surface area contributed by atoms with Gasteiger partial charge in [-0.2, -0.15) is 0 Å². The van der Waals surface area contributed by atoms with Gasteiger partial charge in [-0.05, 0) is 40.5 Å². The van der Waals surface area contributed by atoms with Crippen LogP contribution in [0.2, 0.25) is 0 Å². The minimum absolute atomic E-state index is 0.178. The molecule has 0 aliphatic carbocycles. The largest absolute Gasteiger partial charge is 0.479 e. The highest BCUT2D eigenvalue weighted by Crippen LogP contribution is 2.34. The van der Waals surface area contributed by atoms with Crippen LogP contribution in [0.25, 0.3) is 0 Å². The Morgan fingerprint density at radius 2 is 2.19 bits per heavy atom. The number of rotatable bonds is 4. The number of nitrogens with one attached hydrogen (secondary N) is 1. The third-order valence-corrected chi connectivity index (χ3v) is 5.02. The van der Waals surface area contributed by atoms with Gasteiger partial charge < -0.3 is 15.0 Å². The van der Waals surface area contributed by atoms with E-state index in [-0.39, 0.29) is 5.91 Å². The number of halogens is 1. The Balaban J connectivity index is 2.36. The summed E-state index contributed by atoms with van der Waals surface area (Å²) in [4.78, 5) is 19.1. The highest BCUT2D eigenvalue weighted by molar-refractivity contribution is 9.11. The molecule has 2 heterocycles. The Hall–Kier alpha value is -1.60. The van der Waals surface area contributed by atoms with Gasteiger partial charge in [0.15, 0.2) is 0 Å². The van der Waals surface area contributed by atoms with Gasteiger partial charge in [-0.3, -0.25) is 4.79 Å². The van der Waals surface area contributed by atoms with Gasteiger partial charge in [-0.15, -0.1) is 11.3 Å². The summed E-state index contributed by atoms with van der Waals surface area (Å²) < 4.78 is 6.20. The van der Waals surface area contributed by atoms with Crippen molar-refractivity contribution in [3.8, 4) is 5.88 Å². The van der Waals surface area contributed by atoms with Crippen molar-refractivity contribution < 1.29 is 9.53 Å². The number of aryl methyl sites for hydroxylation is 1. The van der Waals surface area contributed by atoms with Crippen LogP contribution in [0.5, 0.6) is 5.88 Å². The lowest BCUT2D eigenvalue weighted by Crippen LogP contribution is -2.17. The fourth-order valence-electron chi connectivity index (χ4n) is 1.82. The molecular weight excluding hydrogens is 354 g/mol. The van der Waals surface area contributed by atoms with E-state index in [1.165, 1.54) is 18.4 Å². The second-order valence-electron chi connectivity index (χ2n) is 4.63. The van der Waals surface area contributed by atoms with E-state index < -0.39 is 0 Å². The van der Waals surface area contributed by atoms with Crippen LogP contribution in [0.1, 0.15) is 15.2 Å². The molecule has 2 rings (SSSR count). The molecule has 0 atom stereocenters. The molecule has 2 aromatic heterocycles. The van der Waals surface area contributed by atoms with E-state index in [0.717, 1.165) is 15.0 Å². The molecule has 1 amide bonds. The predicted octanol–water partition coefficient (Wildman–Crippen LogP) is 3.54. The van der Waals surface area contributed by atoms with Gasteiger partial charge in [-0.1, -0.05) is 0 Å². The molecule has 0 aromatic carbocycles. The zero-order valence-electron chi connectivity index (χ0n) is 12.2. The van der Waals surface area contributed by atoms with Crippen molar-refractivity contribution in [3.05, 3.63) is 32.6 Å². The summed E-state index contributed by atoms with van der Waals surface area (Å²) in [7, 11) is 5.33. The lowest BCUT2D eigenvalue weighted by atomic mass is 10.3. The molecule has 1 N–H and O–H groups in total. The first-order chi connectivity index (χ1) is 9.93. The summed E-state index contributed by atoms with van der Waals surface area (Å²) in [6.45, 7) is 1.95. The summed E-state index contributed by atoms with van der Waals surface area (Å²) in [6, 6.07) is 3.68. The number of amides is 1. The van der Waals surface area contributed by atoms with Crippen molar-refractivity contribution in [1.29, 1.82) is 0 Å². The lowest BCUT2D eigenvalue weighted by Gasteiger charge is -2.19.